The van der Waals surface area contributed by atoms with Gasteiger partial charge >= 0.3 is 0 Å². The van der Waals surface area contributed by atoms with E-state index >= 15 is 0 Å². The highest BCUT2D eigenvalue weighted by Gasteiger charge is 1.95. The van der Waals surface area contributed by atoms with Crippen LogP contribution in [0.2, 0.25) is 0 Å². The van der Waals surface area contributed by atoms with Crippen LogP contribution in [0.4, 0.5) is 5.95 Å². The molecule has 1 aromatic rings. The Morgan fingerprint density at radius 3 is 2.59 bits per heavy atom. The zero-order chi connectivity index (χ0) is 12.3. The molecule has 1 N–H and O–H groups in total. The Morgan fingerprint density at radius 2 is 1.88 bits per heavy atom. The Hall–Kier alpha value is -1.27. The molecule has 0 aliphatic heterocycles. The van der Waals surface area contributed by atoms with Crippen LogP contribution in [-0.4, -0.2) is 47.9 Å². The topological polar surface area (TPSA) is 69.2 Å². The number of hydrogen-bond acceptors (Lipinski definition) is 6. The van der Waals surface area contributed by atoms with Crippen LogP contribution in [-0.2, 0) is 9.47 Å². The summed E-state index contributed by atoms with van der Waals surface area (Å²) in [6.45, 7) is 7.27. The summed E-state index contributed by atoms with van der Waals surface area (Å²) in [4.78, 5) is 12.0. The molecule has 0 unspecified atom stereocenters. The fourth-order valence-corrected chi connectivity index (χ4v) is 1.16. The molecule has 0 aliphatic rings. The van der Waals surface area contributed by atoms with E-state index < -0.39 is 0 Å². The molecule has 1 rings (SSSR count). The van der Waals surface area contributed by atoms with Crippen LogP contribution in [0.3, 0.4) is 0 Å². The zero-order valence-corrected chi connectivity index (χ0v) is 10.5. The van der Waals surface area contributed by atoms with Gasteiger partial charge in [0.25, 0.3) is 0 Å². The van der Waals surface area contributed by atoms with Crippen molar-refractivity contribution in [3.63, 3.8) is 0 Å². The first kappa shape index (κ1) is 13.8. The molecule has 17 heavy (non-hydrogen) atoms. The van der Waals surface area contributed by atoms with Crippen molar-refractivity contribution in [1.82, 2.24) is 15.0 Å². The lowest BCUT2D eigenvalue weighted by Crippen LogP contribution is -2.14. The van der Waals surface area contributed by atoms with Crippen LogP contribution in [0, 0.1) is 6.92 Å². The Kier molecular flexibility index (Phi) is 7.17. The van der Waals surface area contributed by atoms with Gasteiger partial charge in [-0.3, -0.25) is 0 Å². The number of hydrogen-bond donors (Lipinski definition) is 1. The molecule has 0 aliphatic carbocycles. The van der Waals surface area contributed by atoms with Crippen molar-refractivity contribution < 1.29 is 9.47 Å². The van der Waals surface area contributed by atoms with E-state index in [4.69, 9.17) is 9.47 Å². The molecule has 0 radical (unpaired) electrons. The molecule has 0 aromatic carbocycles. The molecular formula is C11H20N4O2. The minimum absolute atomic E-state index is 0.586. The SMILES string of the molecule is CCCOCCOCCNc1ncnc(C)n1. The van der Waals surface area contributed by atoms with Crippen LogP contribution in [0.5, 0.6) is 0 Å². The van der Waals surface area contributed by atoms with Crippen molar-refractivity contribution in [1.29, 1.82) is 0 Å². The average Bonchev–Trinajstić information content (AvgIpc) is 2.33. The molecule has 0 spiro atoms. The summed E-state index contributed by atoms with van der Waals surface area (Å²) in [5.41, 5.74) is 0. The summed E-state index contributed by atoms with van der Waals surface area (Å²) in [6, 6.07) is 0. The van der Waals surface area contributed by atoms with Crippen LogP contribution >= 0.6 is 0 Å². The molecule has 1 heterocycles. The number of aromatic nitrogens is 3. The van der Waals surface area contributed by atoms with Gasteiger partial charge in [0.05, 0.1) is 19.8 Å². The van der Waals surface area contributed by atoms with Gasteiger partial charge in [-0.1, -0.05) is 6.92 Å². The minimum atomic E-state index is 0.586. The second kappa shape index (κ2) is 8.83. The van der Waals surface area contributed by atoms with Crippen molar-refractivity contribution in [2.45, 2.75) is 20.3 Å². The first-order valence-corrected chi connectivity index (χ1v) is 5.88. The van der Waals surface area contributed by atoms with Gasteiger partial charge in [0.15, 0.2) is 0 Å². The van der Waals surface area contributed by atoms with Gasteiger partial charge in [-0.2, -0.15) is 4.98 Å². The highest BCUT2D eigenvalue weighted by molar-refractivity contribution is 5.21. The van der Waals surface area contributed by atoms with Crippen molar-refractivity contribution in [3.05, 3.63) is 12.2 Å². The maximum atomic E-state index is 5.37. The number of nitrogens with zero attached hydrogens (tertiary/aromatic N) is 3. The summed E-state index contributed by atoms with van der Waals surface area (Å²) < 4.78 is 10.7. The maximum Gasteiger partial charge on any atom is 0.225 e. The Morgan fingerprint density at radius 1 is 1.12 bits per heavy atom. The molecule has 0 atom stereocenters. The number of anilines is 1. The van der Waals surface area contributed by atoms with Gasteiger partial charge in [0.2, 0.25) is 5.95 Å². The molecule has 0 bridgehead atoms. The Balaban J connectivity index is 1.97. The molecule has 0 fully saturated rings. The second-order valence-corrected chi connectivity index (χ2v) is 3.51. The third-order valence-corrected chi connectivity index (χ3v) is 1.94. The average molecular weight is 240 g/mol. The van der Waals surface area contributed by atoms with E-state index in [2.05, 4.69) is 27.2 Å². The third-order valence-electron chi connectivity index (χ3n) is 1.94. The normalized spacial score (nSPS) is 10.5. The Bertz CT molecular complexity index is 309. The van der Waals surface area contributed by atoms with Gasteiger partial charge in [0.1, 0.15) is 12.2 Å². The molecule has 0 amide bonds. The molecule has 1 aromatic heterocycles. The van der Waals surface area contributed by atoms with E-state index in [1.165, 1.54) is 6.33 Å². The van der Waals surface area contributed by atoms with Crippen LogP contribution < -0.4 is 5.32 Å². The lowest BCUT2D eigenvalue weighted by atomic mass is 10.5. The minimum Gasteiger partial charge on any atom is -0.379 e. The fourth-order valence-electron chi connectivity index (χ4n) is 1.16. The summed E-state index contributed by atoms with van der Waals surface area (Å²) in [5, 5.41) is 3.06. The van der Waals surface area contributed by atoms with Crippen LogP contribution in [0.25, 0.3) is 0 Å². The molecule has 6 nitrogen and oxygen atoms in total. The summed E-state index contributed by atoms with van der Waals surface area (Å²) in [7, 11) is 0. The van der Waals surface area contributed by atoms with Gasteiger partial charge < -0.3 is 14.8 Å². The predicted molar refractivity (Wildman–Crippen MR) is 65.0 cm³/mol. The van der Waals surface area contributed by atoms with E-state index in [-0.39, 0.29) is 0 Å². The van der Waals surface area contributed by atoms with E-state index in [1.54, 1.807) is 0 Å². The van der Waals surface area contributed by atoms with Gasteiger partial charge in [-0.05, 0) is 13.3 Å². The van der Waals surface area contributed by atoms with E-state index in [0.717, 1.165) is 13.0 Å². The molecule has 0 saturated carbocycles. The smallest absolute Gasteiger partial charge is 0.225 e. The third kappa shape index (κ3) is 6.80. The number of nitrogens with one attached hydrogen (secondary N) is 1. The second-order valence-electron chi connectivity index (χ2n) is 3.51. The number of rotatable bonds is 9. The predicted octanol–water partition coefficient (Wildman–Crippen LogP) is 1.04. The van der Waals surface area contributed by atoms with E-state index in [1.807, 2.05) is 6.92 Å². The van der Waals surface area contributed by atoms with Crippen LogP contribution in [0.15, 0.2) is 6.33 Å². The summed E-state index contributed by atoms with van der Waals surface area (Å²) in [5.74, 6) is 1.29. The molecule has 96 valence electrons. The maximum absolute atomic E-state index is 5.37. The largest absolute Gasteiger partial charge is 0.379 e. The number of ether oxygens (including phenoxy) is 2. The zero-order valence-electron chi connectivity index (χ0n) is 10.5. The standard InChI is InChI=1S/C11H20N4O2/c1-3-5-16-7-8-17-6-4-12-11-14-9-13-10(2)15-11/h9H,3-8H2,1-2H3,(H,12,13,14,15). The lowest BCUT2D eigenvalue weighted by molar-refractivity contribution is 0.0518. The fraction of sp³-hybridized carbons (Fsp3) is 0.727. The van der Waals surface area contributed by atoms with Gasteiger partial charge in [-0.25, -0.2) is 9.97 Å². The van der Waals surface area contributed by atoms with Gasteiger partial charge in [0, 0.05) is 13.2 Å². The van der Waals surface area contributed by atoms with E-state index in [9.17, 15) is 0 Å². The summed E-state index contributed by atoms with van der Waals surface area (Å²) in [6.07, 6.45) is 2.53. The van der Waals surface area contributed by atoms with E-state index in [0.29, 0.717) is 38.1 Å². The van der Waals surface area contributed by atoms with Crippen LogP contribution in [0.1, 0.15) is 19.2 Å². The Labute approximate surface area is 102 Å². The first-order chi connectivity index (χ1) is 8.33. The molecule has 6 heteroatoms. The monoisotopic (exact) mass is 240 g/mol. The van der Waals surface area contributed by atoms with Crippen molar-refractivity contribution in [2.75, 3.05) is 38.3 Å². The van der Waals surface area contributed by atoms with Crippen molar-refractivity contribution in [3.8, 4) is 0 Å². The van der Waals surface area contributed by atoms with Gasteiger partial charge in [-0.15, -0.1) is 0 Å². The van der Waals surface area contributed by atoms with Crippen molar-refractivity contribution >= 4 is 5.95 Å². The lowest BCUT2D eigenvalue weighted by Gasteiger charge is -2.06. The highest BCUT2D eigenvalue weighted by atomic mass is 16.5. The number of aryl methyl sites for hydroxylation is 1. The molecule has 0 saturated heterocycles. The highest BCUT2D eigenvalue weighted by Crippen LogP contribution is 1.94. The summed E-state index contributed by atoms with van der Waals surface area (Å²) >= 11 is 0. The molecular weight excluding hydrogens is 220 g/mol. The first-order valence-electron chi connectivity index (χ1n) is 5.88. The van der Waals surface area contributed by atoms with Crippen molar-refractivity contribution in [2.24, 2.45) is 0 Å². The quantitative estimate of drug-likeness (QED) is 0.650.